The van der Waals surface area contributed by atoms with Crippen molar-refractivity contribution in [2.75, 3.05) is 13.2 Å². The molecule has 0 aliphatic heterocycles. The molecule has 0 saturated heterocycles. The number of hydrogen-bond acceptors (Lipinski definition) is 5. The van der Waals surface area contributed by atoms with E-state index in [1.54, 1.807) is 0 Å². The van der Waals surface area contributed by atoms with Gasteiger partial charge < -0.3 is 20.3 Å². The first-order chi connectivity index (χ1) is 37.5. The molecule has 2 atom stereocenters. The van der Waals surface area contributed by atoms with Gasteiger partial charge in [-0.25, -0.2) is 0 Å². The fourth-order valence-corrected chi connectivity index (χ4v) is 11.0. The SMILES string of the molecule is CCCC/C=C\C/C=C\CCCCCCCC(=O)OCCCCCCCCCCCCCCCCCCCCCCCC(=O)NC(CO)C(O)CCCCCCCCCCCCCCCCCCCCCCCCCC. The zero-order chi connectivity index (χ0) is 55.0. The zero-order valence-corrected chi connectivity index (χ0v) is 51.5. The van der Waals surface area contributed by atoms with Crippen LogP contribution < -0.4 is 5.32 Å². The molecule has 6 heteroatoms. The molecule has 76 heavy (non-hydrogen) atoms. The summed E-state index contributed by atoms with van der Waals surface area (Å²) in [6.07, 6.45) is 82.1. The zero-order valence-electron chi connectivity index (χ0n) is 51.5. The molecule has 0 fully saturated rings. The number of ether oxygens (including phenoxy) is 1. The van der Waals surface area contributed by atoms with Crippen LogP contribution in [-0.4, -0.2) is 47.4 Å². The van der Waals surface area contributed by atoms with Gasteiger partial charge >= 0.3 is 5.97 Å². The maximum atomic E-state index is 12.6. The summed E-state index contributed by atoms with van der Waals surface area (Å²) >= 11 is 0. The van der Waals surface area contributed by atoms with Gasteiger partial charge in [0.15, 0.2) is 0 Å². The van der Waals surface area contributed by atoms with Crippen LogP contribution in [0.2, 0.25) is 0 Å². The van der Waals surface area contributed by atoms with Crippen molar-refractivity contribution in [2.24, 2.45) is 0 Å². The lowest BCUT2D eigenvalue weighted by Crippen LogP contribution is -2.45. The smallest absolute Gasteiger partial charge is 0.305 e. The molecule has 0 spiro atoms. The number of rotatable bonds is 65. The fourth-order valence-electron chi connectivity index (χ4n) is 11.0. The Bertz CT molecular complexity index is 1190. The molecule has 0 aliphatic rings. The van der Waals surface area contributed by atoms with E-state index in [9.17, 15) is 19.8 Å². The van der Waals surface area contributed by atoms with Crippen LogP contribution in [0.5, 0.6) is 0 Å². The van der Waals surface area contributed by atoms with Crippen LogP contribution >= 0.6 is 0 Å². The Morgan fingerprint density at radius 1 is 0.368 bits per heavy atom. The Balaban J connectivity index is 3.39. The Morgan fingerprint density at radius 2 is 0.671 bits per heavy atom. The second-order valence-corrected chi connectivity index (χ2v) is 23.9. The van der Waals surface area contributed by atoms with Gasteiger partial charge in [-0.05, 0) is 51.4 Å². The molecule has 450 valence electrons. The summed E-state index contributed by atoms with van der Waals surface area (Å²) in [6.45, 7) is 4.94. The van der Waals surface area contributed by atoms with Crippen LogP contribution in [0.1, 0.15) is 386 Å². The predicted molar refractivity (Wildman–Crippen MR) is 333 cm³/mol. The highest BCUT2D eigenvalue weighted by molar-refractivity contribution is 5.76. The number of amides is 1. The third-order valence-corrected chi connectivity index (χ3v) is 16.3. The molecular weight excluding hydrogens is 935 g/mol. The molecule has 0 aromatic rings. The average Bonchev–Trinajstić information content (AvgIpc) is 3.42. The number of esters is 1. The van der Waals surface area contributed by atoms with Gasteiger partial charge in [0.1, 0.15) is 0 Å². The molecule has 6 nitrogen and oxygen atoms in total. The third-order valence-electron chi connectivity index (χ3n) is 16.3. The first-order valence-corrected chi connectivity index (χ1v) is 34.6. The van der Waals surface area contributed by atoms with Gasteiger partial charge in [0.05, 0.1) is 25.4 Å². The van der Waals surface area contributed by atoms with E-state index in [1.807, 2.05) is 0 Å². The Hall–Kier alpha value is -1.66. The lowest BCUT2D eigenvalue weighted by atomic mass is 10.0. The van der Waals surface area contributed by atoms with Crippen molar-refractivity contribution in [2.45, 2.75) is 398 Å². The van der Waals surface area contributed by atoms with Crippen molar-refractivity contribution in [3.05, 3.63) is 24.3 Å². The standard InChI is InChI=1S/C70H135NO5/c1-3-5-7-9-11-13-15-17-19-20-21-22-23-24-26-29-32-35-38-42-46-50-54-58-62-68(73)67(66-72)71-69(74)63-59-55-51-47-43-39-36-33-30-27-25-28-31-34-37-41-45-49-53-57-61-65-76-70(75)64-60-56-52-48-44-40-18-16-14-12-10-8-6-4-2/h10,12,16,18,67-68,72-73H,3-9,11,13-15,17,19-66H2,1-2H3,(H,71,74)/b12-10-,18-16-. The molecule has 0 radical (unpaired) electrons. The van der Waals surface area contributed by atoms with Crippen LogP contribution in [0.3, 0.4) is 0 Å². The van der Waals surface area contributed by atoms with Crippen LogP contribution in [0.4, 0.5) is 0 Å². The first kappa shape index (κ1) is 74.3. The van der Waals surface area contributed by atoms with E-state index >= 15 is 0 Å². The van der Waals surface area contributed by atoms with Crippen molar-refractivity contribution >= 4 is 11.9 Å². The molecule has 0 aromatic carbocycles. The minimum atomic E-state index is -0.667. The summed E-state index contributed by atoms with van der Waals surface area (Å²) in [5, 5.41) is 23.4. The molecule has 0 bridgehead atoms. The summed E-state index contributed by atoms with van der Waals surface area (Å²) in [5.74, 6) is -0.0332. The van der Waals surface area contributed by atoms with Gasteiger partial charge in [-0.3, -0.25) is 9.59 Å². The quantitative estimate of drug-likeness (QED) is 0.0320. The van der Waals surface area contributed by atoms with Gasteiger partial charge in [0, 0.05) is 12.8 Å². The number of allylic oxidation sites excluding steroid dienone is 4. The van der Waals surface area contributed by atoms with Crippen LogP contribution in [0, 0.1) is 0 Å². The molecular formula is C70H135NO5. The summed E-state index contributed by atoms with van der Waals surface area (Å²) in [6, 6.07) is -0.544. The fraction of sp³-hybridized carbons (Fsp3) is 0.914. The second kappa shape index (κ2) is 65.9. The van der Waals surface area contributed by atoms with Crippen LogP contribution in [0.15, 0.2) is 24.3 Å². The van der Waals surface area contributed by atoms with Gasteiger partial charge in [-0.15, -0.1) is 0 Å². The minimum Gasteiger partial charge on any atom is -0.466 e. The molecule has 0 saturated carbocycles. The number of aliphatic hydroxyl groups excluding tert-OH is 2. The number of unbranched alkanes of at least 4 members (excludes halogenated alkanes) is 50. The lowest BCUT2D eigenvalue weighted by molar-refractivity contribution is -0.143. The highest BCUT2D eigenvalue weighted by Crippen LogP contribution is 2.19. The van der Waals surface area contributed by atoms with Gasteiger partial charge in [0.2, 0.25) is 5.91 Å². The van der Waals surface area contributed by atoms with E-state index in [2.05, 4.69) is 43.5 Å². The van der Waals surface area contributed by atoms with Gasteiger partial charge in [0.25, 0.3) is 0 Å². The summed E-state index contributed by atoms with van der Waals surface area (Å²) in [4.78, 5) is 24.6. The molecule has 0 aliphatic carbocycles. The van der Waals surface area contributed by atoms with Crippen LogP contribution in [-0.2, 0) is 14.3 Å². The van der Waals surface area contributed by atoms with Crippen molar-refractivity contribution in [3.8, 4) is 0 Å². The molecule has 0 aromatic heterocycles. The number of hydrogen-bond donors (Lipinski definition) is 3. The van der Waals surface area contributed by atoms with E-state index in [0.717, 1.165) is 51.4 Å². The maximum absolute atomic E-state index is 12.6. The number of carbonyl (C=O) groups is 2. The Kier molecular flexibility index (Phi) is 64.4. The minimum absolute atomic E-state index is 0.00167. The number of aliphatic hydroxyl groups is 2. The van der Waals surface area contributed by atoms with Crippen molar-refractivity contribution < 1.29 is 24.5 Å². The highest BCUT2D eigenvalue weighted by atomic mass is 16.5. The van der Waals surface area contributed by atoms with E-state index in [-0.39, 0.29) is 18.5 Å². The van der Waals surface area contributed by atoms with Crippen LogP contribution in [0.25, 0.3) is 0 Å². The van der Waals surface area contributed by atoms with E-state index in [4.69, 9.17) is 4.74 Å². The largest absolute Gasteiger partial charge is 0.466 e. The summed E-state index contributed by atoms with van der Waals surface area (Å²) in [7, 11) is 0. The Morgan fingerprint density at radius 3 is 1.04 bits per heavy atom. The molecule has 3 N–H and O–H groups in total. The maximum Gasteiger partial charge on any atom is 0.305 e. The van der Waals surface area contributed by atoms with Crippen molar-refractivity contribution in [1.82, 2.24) is 5.32 Å². The average molecular weight is 1070 g/mol. The second-order valence-electron chi connectivity index (χ2n) is 23.9. The summed E-state index contributed by atoms with van der Waals surface area (Å²) < 4.78 is 5.48. The van der Waals surface area contributed by atoms with Gasteiger partial charge in [-0.1, -0.05) is 346 Å². The first-order valence-electron chi connectivity index (χ1n) is 34.6. The summed E-state index contributed by atoms with van der Waals surface area (Å²) in [5.41, 5.74) is 0. The van der Waals surface area contributed by atoms with Crippen molar-refractivity contribution in [1.29, 1.82) is 0 Å². The number of nitrogens with one attached hydrogen (secondary N) is 1. The van der Waals surface area contributed by atoms with Crippen molar-refractivity contribution in [3.63, 3.8) is 0 Å². The Labute approximate surface area is 475 Å². The monoisotopic (exact) mass is 1070 g/mol. The molecule has 0 rings (SSSR count). The van der Waals surface area contributed by atoms with E-state index < -0.39 is 12.1 Å². The molecule has 0 heterocycles. The molecule has 2 unspecified atom stereocenters. The van der Waals surface area contributed by atoms with E-state index in [1.165, 1.54) is 302 Å². The topological polar surface area (TPSA) is 95.9 Å². The third kappa shape index (κ3) is 61.6. The lowest BCUT2D eigenvalue weighted by Gasteiger charge is -2.22. The number of carbonyl (C=O) groups excluding carboxylic acids is 2. The predicted octanol–water partition coefficient (Wildman–Crippen LogP) is 22.1. The van der Waals surface area contributed by atoms with Gasteiger partial charge in [-0.2, -0.15) is 0 Å². The normalized spacial score (nSPS) is 12.6. The van der Waals surface area contributed by atoms with E-state index in [0.29, 0.717) is 25.9 Å². The highest BCUT2D eigenvalue weighted by Gasteiger charge is 2.20. The molecule has 1 amide bonds.